The molecule has 0 amide bonds. The molecule has 0 unspecified atom stereocenters. The molecule has 0 fully saturated rings. The predicted octanol–water partition coefficient (Wildman–Crippen LogP) is 0.181. The monoisotopic (exact) mass is 119 g/mol. The molecule has 0 atom stereocenters. The molecule has 8 heavy (non-hydrogen) atoms. The van der Waals surface area contributed by atoms with Crippen LogP contribution < -0.4 is 5.73 Å². The van der Waals surface area contributed by atoms with E-state index < -0.39 is 12.4 Å². The average Bonchev–Trinajstić information content (AvgIpc) is 1.84. The Morgan fingerprint density at radius 2 is 2.25 bits per heavy atom. The zero-order valence-electron chi connectivity index (χ0n) is 4.82. The molecule has 0 aliphatic carbocycles. The molecule has 3 N–H and O–H groups in total. The Kier molecular flexibility index (Phi) is 3.39. The highest BCUT2D eigenvalue weighted by Crippen LogP contribution is 2.00. The van der Waals surface area contributed by atoms with Crippen LogP contribution >= 0.6 is 0 Å². The Labute approximate surface area is 47.8 Å². The zero-order valence-corrected chi connectivity index (χ0v) is 4.82. The molecule has 0 heterocycles. The highest BCUT2D eigenvalue weighted by Gasteiger charge is 1.94. The predicted molar refractivity (Wildman–Crippen MR) is 29.9 cm³/mol. The standard InChI is InChI=1S/C5H10FNO/c1-4(2-7)5(6)3-8/h8H,2-3,7H2,1H3/b5-4+. The number of hydrogen-bond acceptors (Lipinski definition) is 2. The quantitative estimate of drug-likeness (QED) is 0.544. The van der Waals surface area contributed by atoms with Crippen LogP contribution in [0.25, 0.3) is 0 Å². The summed E-state index contributed by atoms with van der Waals surface area (Å²) in [6.07, 6.45) is 0. The van der Waals surface area contributed by atoms with Crippen molar-refractivity contribution in [1.82, 2.24) is 0 Å². The smallest absolute Gasteiger partial charge is 0.125 e. The fraction of sp³-hybridized carbons (Fsp3) is 0.600. The lowest BCUT2D eigenvalue weighted by Gasteiger charge is -1.94. The normalized spacial score (nSPS) is 13.5. The van der Waals surface area contributed by atoms with E-state index in [0.717, 1.165) is 0 Å². The first-order valence-corrected chi connectivity index (χ1v) is 2.37. The van der Waals surface area contributed by atoms with Gasteiger partial charge in [-0.05, 0) is 12.5 Å². The van der Waals surface area contributed by atoms with Crippen molar-refractivity contribution >= 4 is 0 Å². The van der Waals surface area contributed by atoms with Crippen molar-refractivity contribution in [2.75, 3.05) is 13.2 Å². The highest BCUT2D eigenvalue weighted by molar-refractivity contribution is 5.05. The largest absolute Gasteiger partial charge is 0.389 e. The van der Waals surface area contributed by atoms with Gasteiger partial charge in [-0.1, -0.05) is 0 Å². The Bertz CT molecular complexity index is 88.6. The summed E-state index contributed by atoms with van der Waals surface area (Å²) in [5, 5.41) is 8.15. The van der Waals surface area contributed by atoms with E-state index in [0.29, 0.717) is 5.57 Å². The summed E-state index contributed by atoms with van der Waals surface area (Å²) in [6, 6.07) is 0. The summed E-state index contributed by atoms with van der Waals surface area (Å²) in [4.78, 5) is 0. The third-order valence-electron chi connectivity index (χ3n) is 0.908. The summed E-state index contributed by atoms with van der Waals surface area (Å²) < 4.78 is 12.1. The van der Waals surface area contributed by atoms with Crippen LogP contribution in [0.1, 0.15) is 6.92 Å². The van der Waals surface area contributed by atoms with Crippen molar-refractivity contribution in [3.8, 4) is 0 Å². The Morgan fingerprint density at radius 1 is 1.75 bits per heavy atom. The summed E-state index contributed by atoms with van der Waals surface area (Å²) in [5.41, 5.74) is 5.45. The topological polar surface area (TPSA) is 46.2 Å². The van der Waals surface area contributed by atoms with Gasteiger partial charge in [0.25, 0.3) is 0 Å². The molecule has 0 aliphatic heterocycles. The van der Waals surface area contributed by atoms with Gasteiger partial charge in [0.2, 0.25) is 0 Å². The molecule has 0 bridgehead atoms. The lowest BCUT2D eigenvalue weighted by molar-refractivity contribution is 0.295. The first kappa shape index (κ1) is 7.59. The minimum atomic E-state index is -0.539. The second-order valence-corrected chi connectivity index (χ2v) is 1.55. The van der Waals surface area contributed by atoms with Crippen LogP contribution in [0.5, 0.6) is 0 Å². The van der Waals surface area contributed by atoms with Gasteiger partial charge in [0.15, 0.2) is 0 Å². The number of aliphatic hydroxyl groups is 1. The third-order valence-corrected chi connectivity index (χ3v) is 0.908. The van der Waals surface area contributed by atoms with Crippen molar-refractivity contribution in [2.24, 2.45) is 5.73 Å². The molecular formula is C5H10FNO. The maximum absolute atomic E-state index is 12.1. The van der Waals surface area contributed by atoms with Gasteiger partial charge in [-0.25, -0.2) is 4.39 Å². The molecule has 3 heteroatoms. The second-order valence-electron chi connectivity index (χ2n) is 1.55. The first-order valence-electron chi connectivity index (χ1n) is 2.37. The molecular weight excluding hydrogens is 109 g/mol. The lowest BCUT2D eigenvalue weighted by Crippen LogP contribution is -2.03. The molecule has 0 aromatic rings. The minimum absolute atomic E-state index is 0.173. The van der Waals surface area contributed by atoms with E-state index in [4.69, 9.17) is 10.8 Å². The van der Waals surface area contributed by atoms with Crippen molar-refractivity contribution in [3.63, 3.8) is 0 Å². The molecule has 0 saturated heterocycles. The summed E-state index contributed by atoms with van der Waals surface area (Å²) >= 11 is 0. The zero-order chi connectivity index (χ0) is 6.57. The van der Waals surface area contributed by atoms with Gasteiger partial charge in [-0.3, -0.25) is 0 Å². The first-order chi connectivity index (χ1) is 3.72. The van der Waals surface area contributed by atoms with Gasteiger partial charge >= 0.3 is 0 Å². The van der Waals surface area contributed by atoms with E-state index in [2.05, 4.69) is 0 Å². The Morgan fingerprint density at radius 3 is 2.38 bits per heavy atom. The summed E-state index contributed by atoms with van der Waals surface area (Å²) in [5.74, 6) is -0.521. The molecule has 0 saturated carbocycles. The molecule has 48 valence electrons. The molecule has 0 aromatic heterocycles. The van der Waals surface area contributed by atoms with Crippen LogP contribution in [0.2, 0.25) is 0 Å². The highest BCUT2D eigenvalue weighted by atomic mass is 19.1. The fourth-order valence-electron chi connectivity index (χ4n) is 0.246. The van der Waals surface area contributed by atoms with Crippen LogP contribution in [-0.2, 0) is 0 Å². The SMILES string of the molecule is C/C(CN)=C(\F)CO. The van der Waals surface area contributed by atoms with Crippen LogP contribution in [-0.4, -0.2) is 18.3 Å². The van der Waals surface area contributed by atoms with E-state index in [1.165, 1.54) is 0 Å². The molecule has 0 spiro atoms. The van der Waals surface area contributed by atoms with Gasteiger partial charge < -0.3 is 10.8 Å². The van der Waals surface area contributed by atoms with Crippen molar-refractivity contribution in [1.29, 1.82) is 0 Å². The van der Waals surface area contributed by atoms with E-state index in [1.807, 2.05) is 0 Å². The van der Waals surface area contributed by atoms with Crippen molar-refractivity contribution in [2.45, 2.75) is 6.92 Å². The lowest BCUT2D eigenvalue weighted by atomic mass is 10.3. The maximum atomic E-state index is 12.1. The molecule has 2 nitrogen and oxygen atoms in total. The van der Waals surface area contributed by atoms with Crippen molar-refractivity contribution < 1.29 is 9.50 Å². The summed E-state index contributed by atoms with van der Waals surface area (Å²) in [6.45, 7) is 1.18. The number of nitrogens with two attached hydrogens (primary N) is 1. The van der Waals surface area contributed by atoms with Gasteiger partial charge in [0.05, 0.1) is 6.61 Å². The van der Waals surface area contributed by atoms with E-state index in [-0.39, 0.29) is 6.54 Å². The molecule has 0 rings (SSSR count). The van der Waals surface area contributed by atoms with Gasteiger partial charge in [0, 0.05) is 6.54 Å². The van der Waals surface area contributed by atoms with Crippen LogP contribution in [0.15, 0.2) is 11.4 Å². The third kappa shape index (κ3) is 2.04. The Balaban J connectivity index is 3.83. The second kappa shape index (κ2) is 3.57. The van der Waals surface area contributed by atoms with Gasteiger partial charge in [-0.2, -0.15) is 0 Å². The maximum Gasteiger partial charge on any atom is 0.125 e. The average molecular weight is 119 g/mol. The van der Waals surface area contributed by atoms with Gasteiger partial charge in [0.1, 0.15) is 5.83 Å². The molecule has 0 aliphatic rings. The molecule has 0 aromatic carbocycles. The van der Waals surface area contributed by atoms with Crippen LogP contribution in [0.3, 0.4) is 0 Å². The number of rotatable bonds is 2. The van der Waals surface area contributed by atoms with Crippen LogP contribution in [0.4, 0.5) is 4.39 Å². The Hall–Kier alpha value is -0.410. The van der Waals surface area contributed by atoms with E-state index in [9.17, 15) is 4.39 Å². The fourth-order valence-corrected chi connectivity index (χ4v) is 0.246. The number of aliphatic hydroxyl groups excluding tert-OH is 1. The van der Waals surface area contributed by atoms with E-state index >= 15 is 0 Å². The number of hydrogen-bond donors (Lipinski definition) is 2. The van der Waals surface area contributed by atoms with E-state index in [1.54, 1.807) is 6.92 Å². The molecule has 0 radical (unpaired) electrons. The summed E-state index contributed by atoms with van der Waals surface area (Å²) in [7, 11) is 0. The van der Waals surface area contributed by atoms with Crippen molar-refractivity contribution in [3.05, 3.63) is 11.4 Å². The van der Waals surface area contributed by atoms with Gasteiger partial charge in [-0.15, -0.1) is 0 Å². The van der Waals surface area contributed by atoms with Crippen LogP contribution in [0, 0.1) is 0 Å². The minimum Gasteiger partial charge on any atom is -0.389 e. The number of halogens is 1.